The molecule has 1 saturated carbocycles. The van der Waals surface area contributed by atoms with Gasteiger partial charge in [0.05, 0.1) is 0 Å². The fraction of sp³-hybridized carbons (Fsp3) is 1.00. The quantitative estimate of drug-likeness (QED) is 0.449. The summed E-state index contributed by atoms with van der Waals surface area (Å²) in [6, 6.07) is 0. The first-order chi connectivity index (χ1) is 4.11. The molecule has 1 aliphatic carbocycles. The van der Waals surface area contributed by atoms with Crippen molar-refractivity contribution in [2.24, 2.45) is 0 Å². The molecule has 1 fully saturated rings. The number of rotatable bonds is 1. The minimum Gasteiger partial charge on any atom is -0.811 e. The Hall–Kier alpha value is 0.773. The van der Waals surface area contributed by atoms with E-state index >= 15 is 0 Å². The maximum Gasteiger partial charge on any atom is 2.00 e. The summed E-state index contributed by atoms with van der Waals surface area (Å²) in [5.74, 6) is 0. The van der Waals surface area contributed by atoms with Crippen LogP contribution >= 0.6 is 7.60 Å². The number of hydrogen-bond donors (Lipinski definition) is 0. The summed E-state index contributed by atoms with van der Waals surface area (Å²) >= 11 is 0. The van der Waals surface area contributed by atoms with Gasteiger partial charge in [0.15, 0.2) is 0 Å². The van der Waals surface area contributed by atoms with Gasteiger partial charge >= 0.3 is 19.5 Å². The van der Waals surface area contributed by atoms with E-state index in [1.807, 2.05) is 0 Å². The standard InChI is InChI=1S/C5H11O3P.Zn/c6-9(7,8)5-3-1-2-4-5;/h5H,1-4H2,(H2,6,7,8);/q;+2/p-2. The predicted molar refractivity (Wildman–Crippen MR) is 29.9 cm³/mol. The van der Waals surface area contributed by atoms with E-state index < -0.39 is 13.3 Å². The summed E-state index contributed by atoms with van der Waals surface area (Å²) in [5.41, 5.74) is -0.544. The molecule has 0 aromatic rings. The molecule has 0 aromatic carbocycles. The molecule has 0 amide bonds. The molecule has 0 unspecified atom stereocenters. The minimum absolute atomic E-state index is 0. The molecular weight excluding hydrogens is 204 g/mol. The molecule has 0 heterocycles. The normalized spacial score (nSPS) is 20.6. The second-order valence-corrected chi connectivity index (χ2v) is 4.29. The van der Waals surface area contributed by atoms with Gasteiger partial charge in [-0.3, -0.25) is 0 Å². The van der Waals surface area contributed by atoms with E-state index in [0.717, 1.165) is 12.8 Å². The third kappa shape index (κ3) is 2.79. The zero-order valence-electron chi connectivity index (χ0n) is 5.78. The first kappa shape index (κ1) is 10.8. The monoisotopic (exact) mass is 212 g/mol. The smallest absolute Gasteiger partial charge is 0.811 e. The molecule has 0 spiro atoms. The molecule has 1 rings (SSSR count). The van der Waals surface area contributed by atoms with E-state index in [9.17, 15) is 14.4 Å². The van der Waals surface area contributed by atoms with Crippen molar-refractivity contribution < 1.29 is 33.8 Å². The Kier molecular flexibility index (Phi) is 4.27. The van der Waals surface area contributed by atoms with Crippen LogP contribution in [0, 0.1) is 0 Å². The van der Waals surface area contributed by atoms with E-state index in [0.29, 0.717) is 12.8 Å². The van der Waals surface area contributed by atoms with Gasteiger partial charge in [-0.2, -0.15) is 0 Å². The fourth-order valence-corrected chi connectivity index (χ4v) is 2.22. The van der Waals surface area contributed by atoms with Gasteiger partial charge in [-0.15, -0.1) is 0 Å². The fourth-order valence-electron chi connectivity index (χ4n) is 1.22. The summed E-state index contributed by atoms with van der Waals surface area (Å²) < 4.78 is 10.3. The van der Waals surface area contributed by atoms with E-state index in [1.165, 1.54) is 0 Å². The molecule has 0 saturated heterocycles. The van der Waals surface area contributed by atoms with Crippen LogP contribution in [-0.4, -0.2) is 5.66 Å². The van der Waals surface area contributed by atoms with E-state index in [1.54, 1.807) is 0 Å². The number of hydrogen-bond acceptors (Lipinski definition) is 3. The Morgan fingerprint density at radius 1 is 1.20 bits per heavy atom. The largest absolute Gasteiger partial charge is 2.00 e. The van der Waals surface area contributed by atoms with Crippen LogP contribution in [0.1, 0.15) is 25.7 Å². The van der Waals surface area contributed by atoms with Gasteiger partial charge in [0.1, 0.15) is 0 Å². The zero-order chi connectivity index (χ0) is 6.91. The van der Waals surface area contributed by atoms with Crippen LogP contribution in [0.15, 0.2) is 0 Å². The Bertz CT molecular complexity index is 138. The van der Waals surface area contributed by atoms with Crippen molar-refractivity contribution in [1.29, 1.82) is 0 Å². The van der Waals surface area contributed by atoms with E-state index in [2.05, 4.69) is 0 Å². The van der Waals surface area contributed by atoms with Crippen molar-refractivity contribution in [1.82, 2.24) is 0 Å². The van der Waals surface area contributed by atoms with Crippen LogP contribution in [-0.2, 0) is 24.0 Å². The molecule has 0 atom stereocenters. The van der Waals surface area contributed by atoms with Crippen molar-refractivity contribution in [3.63, 3.8) is 0 Å². The second kappa shape index (κ2) is 3.97. The molecule has 5 heteroatoms. The van der Waals surface area contributed by atoms with Crippen LogP contribution in [0.3, 0.4) is 0 Å². The molecule has 0 radical (unpaired) electrons. The SMILES string of the molecule is O=P([O-])([O-])C1CCCC1.[Zn+2]. The van der Waals surface area contributed by atoms with E-state index in [4.69, 9.17) is 0 Å². The van der Waals surface area contributed by atoms with Crippen molar-refractivity contribution in [3.05, 3.63) is 0 Å². The van der Waals surface area contributed by atoms with E-state index in [-0.39, 0.29) is 19.5 Å². The van der Waals surface area contributed by atoms with Crippen molar-refractivity contribution >= 4 is 7.60 Å². The Labute approximate surface area is 73.1 Å². The molecule has 0 aliphatic heterocycles. The zero-order valence-corrected chi connectivity index (χ0v) is 9.65. The molecule has 0 aromatic heterocycles. The Balaban J connectivity index is 0.000000810. The molecule has 1 aliphatic rings. The van der Waals surface area contributed by atoms with Crippen molar-refractivity contribution in [3.8, 4) is 0 Å². The topological polar surface area (TPSA) is 63.2 Å². The summed E-state index contributed by atoms with van der Waals surface area (Å²) in [6.07, 6.45) is 2.98. The summed E-state index contributed by atoms with van der Waals surface area (Å²) in [4.78, 5) is 20.6. The van der Waals surface area contributed by atoms with Crippen LogP contribution in [0.25, 0.3) is 0 Å². The van der Waals surface area contributed by atoms with Crippen LogP contribution in [0.5, 0.6) is 0 Å². The van der Waals surface area contributed by atoms with Crippen LogP contribution in [0.4, 0.5) is 0 Å². The molecule has 0 N–H and O–H groups in total. The first-order valence-electron chi connectivity index (χ1n) is 3.12. The van der Waals surface area contributed by atoms with Crippen molar-refractivity contribution in [2.75, 3.05) is 0 Å². The molecule has 10 heavy (non-hydrogen) atoms. The van der Waals surface area contributed by atoms with Crippen LogP contribution < -0.4 is 9.79 Å². The summed E-state index contributed by atoms with van der Waals surface area (Å²) in [6.45, 7) is 0. The third-order valence-electron chi connectivity index (χ3n) is 1.77. The molecule has 3 nitrogen and oxygen atoms in total. The Morgan fingerprint density at radius 3 is 1.80 bits per heavy atom. The summed E-state index contributed by atoms with van der Waals surface area (Å²) in [7, 11) is -4.21. The summed E-state index contributed by atoms with van der Waals surface area (Å²) in [5, 5.41) is 0. The molecule has 0 bridgehead atoms. The van der Waals surface area contributed by atoms with Gasteiger partial charge in [-0.1, -0.05) is 20.4 Å². The maximum absolute atomic E-state index is 10.3. The minimum atomic E-state index is -4.21. The van der Waals surface area contributed by atoms with Gasteiger partial charge in [0, 0.05) is 0 Å². The molecule has 54 valence electrons. The second-order valence-electron chi connectivity index (χ2n) is 2.48. The van der Waals surface area contributed by atoms with Gasteiger partial charge in [-0.05, 0) is 18.5 Å². The van der Waals surface area contributed by atoms with Gasteiger partial charge in [-0.25, -0.2) is 0 Å². The molecular formula is C5H9O3PZn. The average molecular weight is 213 g/mol. The predicted octanol–water partition coefficient (Wildman–Crippen LogP) is -0.160. The van der Waals surface area contributed by atoms with Crippen molar-refractivity contribution in [2.45, 2.75) is 31.3 Å². The Morgan fingerprint density at radius 2 is 1.60 bits per heavy atom. The third-order valence-corrected chi connectivity index (χ3v) is 3.18. The van der Waals surface area contributed by atoms with Gasteiger partial charge in [0.25, 0.3) is 0 Å². The average Bonchev–Trinajstić information content (AvgIpc) is 2.08. The first-order valence-corrected chi connectivity index (χ1v) is 4.73. The maximum atomic E-state index is 10.3. The van der Waals surface area contributed by atoms with Gasteiger partial charge in [0.2, 0.25) is 0 Å². The van der Waals surface area contributed by atoms with Gasteiger partial charge < -0.3 is 14.4 Å². The van der Waals surface area contributed by atoms with Crippen LogP contribution in [0.2, 0.25) is 0 Å².